The number of nitro benzene ring substituents is 1. The van der Waals surface area contributed by atoms with E-state index in [2.05, 4.69) is 10.1 Å². The highest BCUT2D eigenvalue weighted by atomic mass is 35.5. The van der Waals surface area contributed by atoms with Gasteiger partial charge in [-0.25, -0.2) is 4.98 Å². The first-order valence-corrected chi connectivity index (χ1v) is 8.31. The van der Waals surface area contributed by atoms with Crippen LogP contribution in [-0.4, -0.2) is 25.9 Å². The minimum Gasteiger partial charge on any atom is -0.502 e. The van der Waals surface area contributed by atoms with Gasteiger partial charge in [-0.3, -0.25) is 14.9 Å². The molecule has 10 heteroatoms. The summed E-state index contributed by atoms with van der Waals surface area (Å²) >= 11 is 7.25. The van der Waals surface area contributed by atoms with Gasteiger partial charge in [-0.1, -0.05) is 18.5 Å². The fourth-order valence-electron chi connectivity index (χ4n) is 2.19. The Morgan fingerprint density at radius 3 is 2.92 bits per heavy atom. The largest absolute Gasteiger partial charge is 0.502 e. The number of halogens is 1. The van der Waals surface area contributed by atoms with Gasteiger partial charge in [0.15, 0.2) is 0 Å². The number of hydrogen-bond donors (Lipinski definition) is 1. The summed E-state index contributed by atoms with van der Waals surface area (Å²) in [5, 5.41) is 25.3. The highest BCUT2D eigenvalue weighted by molar-refractivity contribution is 7.18. The highest BCUT2D eigenvalue weighted by Gasteiger charge is 2.18. The summed E-state index contributed by atoms with van der Waals surface area (Å²) < 4.78 is 1.00. The van der Waals surface area contributed by atoms with Crippen molar-refractivity contribution in [2.45, 2.75) is 13.3 Å². The van der Waals surface area contributed by atoms with Gasteiger partial charge in [-0.2, -0.15) is 9.78 Å². The van der Waals surface area contributed by atoms with Gasteiger partial charge in [0, 0.05) is 21.5 Å². The summed E-state index contributed by atoms with van der Waals surface area (Å²) in [7, 11) is 0. The third kappa shape index (κ3) is 3.24. The Kier molecular flexibility index (Phi) is 4.51. The molecule has 0 aliphatic heterocycles. The average Bonchev–Trinajstić information content (AvgIpc) is 3.00. The lowest BCUT2D eigenvalue weighted by Gasteiger charge is -2.02. The van der Waals surface area contributed by atoms with Crippen molar-refractivity contribution < 1.29 is 10.0 Å². The second-order valence-corrected chi connectivity index (χ2v) is 6.60. The maximum Gasteiger partial charge on any atom is 0.312 e. The number of benzene rings is 1. The summed E-state index contributed by atoms with van der Waals surface area (Å²) in [4.78, 5) is 28.4. The molecule has 0 saturated heterocycles. The number of phenolic OH excluding ortho intramolecular Hbond substituents is 1. The van der Waals surface area contributed by atoms with Crippen LogP contribution in [0.2, 0.25) is 5.02 Å². The van der Waals surface area contributed by atoms with E-state index in [9.17, 15) is 20.0 Å². The Labute approximate surface area is 149 Å². The van der Waals surface area contributed by atoms with Crippen LogP contribution in [0.4, 0.5) is 5.69 Å². The van der Waals surface area contributed by atoms with Crippen LogP contribution in [0.5, 0.6) is 5.75 Å². The van der Waals surface area contributed by atoms with Crippen molar-refractivity contribution in [1.29, 1.82) is 0 Å². The molecule has 0 saturated carbocycles. The zero-order valence-corrected chi connectivity index (χ0v) is 14.4. The normalized spacial score (nSPS) is 11.4. The molecule has 0 aliphatic rings. The number of aromatic nitrogens is 2. The van der Waals surface area contributed by atoms with Crippen molar-refractivity contribution in [1.82, 2.24) is 9.66 Å². The molecule has 0 unspecified atom stereocenters. The van der Waals surface area contributed by atoms with Crippen LogP contribution >= 0.6 is 22.9 Å². The Hall–Kier alpha value is -2.78. The van der Waals surface area contributed by atoms with Gasteiger partial charge >= 0.3 is 5.69 Å². The molecule has 0 fully saturated rings. The third-order valence-electron chi connectivity index (χ3n) is 3.44. The van der Waals surface area contributed by atoms with Crippen molar-refractivity contribution in [3.63, 3.8) is 0 Å². The van der Waals surface area contributed by atoms with Gasteiger partial charge in [0.25, 0.3) is 5.56 Å². The standard InChI is InChI=1S/C15H11ClN4O4S/c1-2-10-5-11-14(25-10)17-7-19(15(11)22)18-6-8-3-9(16)4-12(13(8)21)20(23)24/h3-7,21H,2H2,1H3/b18-6+. The van der Waals surface area contributed by atoms with Crippen molar-refractivity contribution in [2.24, 2.45) is 5.10 Å². The monoisotopic (exact) mass is 378 g/mol. The van der Waals surface area contributed by atoms with Crippen LogP contribution in [0, 0.1) is 10.1 Å². The number of thiophene rings is 1. The van der Waals surface area contributed by atoms with E-state index < -0.39 is 16.4 Å². The molecular formula is C15H11ClN4O4S. The van der Waals surface area contributed by atoms with E-state index in [4.69, 9.17) is 11.6 Å². The number of nitrogens with zero attached hydrogens (tertiary/aromatic N) is 4. The number of phenols is 1. The fourth-order valence-corrected chi connectivity index (χ4v) is 3.33. The van der Waals surface area contributed by atoms with E-state index in [-0.39, 0.29) is 16.1 Å². The maximum absolute atomic E-state index is 12.4. The second-order valence-electron chi connectivity index (χ2n) is 5.04. The van der Waals surface area contributed by atoms with Gasteiger partial charge in [0.05, 0.1) is 16.5 Å². The van der Waals surface area contributed by atoms with Crippen LogP contribution in [0.25, 0.3) is 10.2 Å². The first kappa shape index (κ1) is 17.1. The number of rotatable bonds is 4. The Morgan fingerprint density at radius 2 is 2.24 bits per heavy atom. The molecule has 8 nitrogen and oxygen atoms in total. The second kappa shape index (κ2) is 6.61. The predicted octanol–water partition coefficient (Wildman–Crippen LogP) is 3.17. The number of aryl methyl sites for hydroxylation is 1. The SMILES string of the molecule is CCc1cc2c(=O)n(/N=C/c3cc(Cl)cc([N+](=O)[O-])c3O)cnc2s1. The lowest BCUT2D eigenvalue weighted by Crippen LogP contribution is -2.16. The molecule has 0 bridgehead atoms. The molecule has 1 N–H and O–H groups in total. The van der Waals surface area contributed by atoms with Gasteiger partial charge in [0.1, 0.15) is 11.2 Å². The minimum atomic E-state index is -0.754. The quantitative estimate of drug-likeness (QED) is 0.426. The van der Waals surface area contributed by atoms with Crippen molar-refractivity contribution in [2.75, 3.05) is 0 Å². The number of nitro groups is 1. The van der Waals surface area contributed by atoms with Crippen LogP contribution in [0.1, 0.15) is 17.4 Å². The minimum absolute atomic E-state index is 0.0192. The predicted molar refractivity (Wildman–Crippen MR) is 96.0 cm³/mol. The molecule has 0 spiro atoms. The van der Waals surface area contributed by atoms with E-state index in [0.717, 1.165) is 28.3 Å². The summed E-state index contributed by atoms with van der Waals surface area (Å²) in [6.07, 6.45) is 3.17. The fraction of sp³-hybridized carbons (Fsp3) is 0.133. The van der Waals surface area contributed by atoms with E-state index in [1.807, 2.05) is 6.92 Å². The zero-order valence-electron chi connectivity index (χ0n) is 12.8. The molecule has 3 rings (SSSR count). The van der Waals surface area contributed by atoms with Crippen molar-refractivity contribution >= 4 is 45.1 Å². The molecule has 0 amide bonds. The van der Waals surface area contributed by atoms with Gasteiger partial charge < -0.3 is 5.11 Å². The Morgan fingerprint density at radius 1 is 1.48 bits per heavy atom. The summed E-state index contributed by atoms with van der Waals surface area (Å²) in [6, 6.07) is 4.11. The van der Waals surface area contributed by atoms with E-state index in [1.165, 1.54) is 23.7 Å². The summed E-state index contributed by atoms with van der Waals surface area (Å²) in [5.41, 5.74) is -0.890. The number of fused-ring (bicyclic) bond motifs is 1. The van der Waals surface area contributed by atoms with Crippen LogP contribution in [-0.2, 0) is 6.42 Å². The molecule has 128 valence electrons. The molecule has 2 aromatic heterocycles. The highest BCUT2D eigenvalue weighted by Crippen LogP contribution is 2.32. The molecule has 1 aromatic carbocycles. The number of hydrogen-bond acceptors (Lipinski definition) is 7. The topological polar surface area (TPSA) is 111 Å². The van der Waals surface area contributed by atoms with Crippen LogP contribution in [0.3, 0.4) is 0 Å². The van der Waals surface area contributed by atoms with Crippen molar-refractivity contribution in [3.8, 4) is 5.75 Å². The molecular weight excluding hydrogens is 368 g/mol. The maximum atomic E-state index is 12.4. The Bertz CT molecular complexity index is 1070. The first-order valence-electron chi connectivity index (χ1n) is 7.12. The molecule has 0 aliphatic carbocycles. The van der Waals surface area contributed by atoms with Gasteiger partial charge in [-0.15, -0.1) is 11.3 Å². The Balaban J connectivity index is 2.06. The lowest BCUT2D eigenvalue weighted by molar-refractivity contribution is -0.385. The first-order chi connectivity index (χ1) is 11.9. The number of aromatic hydroxyl groups is 1. The molecule has 0 radical (unpaired) electrons. The molecule has 3 aromatic rings. The van der Waals surface area contributed by atoms with E-state index in [1.54, 1.807) is 6.07 Å². The molecule has 25 heavy (non-hydrogen) atoms. The van der Waals surface area contributed by atoms with Crippen LogP contribution in [0.15, 0.2) is 34.4 Å². The smallest absolute Gasteiger partial charge is 0.312 e. The molecule has 0 atom stereocenters. The zero-order chi connectivity index (χ0) is 18.1. The third-order valence-corrected chi connectivity index (χ3v) is 4.84. The van der Waals surface area contributed by atoms with Gasteiger partial charge in [0.2, 0.25) is 5.75 Å². The lowest BCUT2D eigenvalue weighted by atomic mass is 10.2. The van der Waals surface area contributed by atoms with Crippen molar-refractivity contribution in [3.05, 3.63) is 60.5 Å². The van der Waals surface area contributed by atoms with Gasteiger partial charge in [-0.05, 0) is 18.6 Å². The van der Waals surface area contributed by atoms with E-state index in [0.29, 0.717) is 10.2 Å². The summed E-state index contributed by atoms with van der Waals surface area (Å²) in [6.45, 7) is 1.98. The average molecular weight is 379 g/mol. The molecule has 2 heterocycles. The van der Waals surface area contributed by atoms with E-state index >= 15 is 0 Å². The summed E-state index contributed by atoms with van der Waals surface area (Å²) in [5.74, 6) is -0.580. The van der Waals surface area contributed by atoms with Crippen LogP contribution < -0.4 is 5.56 Å².